The van der Waals surface area contributed by atoms with Crippen LogP contribution in [0.3, 0.4) is 0 Å². The van der Waals surface area contributed by atoms with Gasteiger partial charge < -0.3 is 15.3 Å². The maximum absolute atomic E-state index is 9.95. The van der Waals surface area contributed by atoms with Crippen LogP contribution >= 0.6 is 0 Å². The molecule has 0 radical (unpaired) electrons. The van der Waals surface area contributed by atoms with Gasteiger partial charge in [0.15, 0.2) is 0 Å². The molecule has 0 heterocycles. The molecule has 2 rings (SSSR count). The summed E-state index contributed by atoms with van der Waals surface area (Å²) in [5.41, 5.74) is 2.89. The predicted molar refractivity (Wildman–Crippen MR) is 80.3 cm³/mol. The second-order valence-electron chi connectivity index (χ2n) is 5.96. The number of allylic oxidation sites excluding steroid dienone is 5. The van der Waals surface area contributed by atoms with Crippen LogP contribution in [-0.4, -0.2) is 21.9 Å². The topological polar surface area (TPSA) is 60.7 Å². The fourth-order valence-corrected chi connectivity index (χ4v) is 3.42. The third-order valence-corrected chi connectivity index (χ3v) is 4.59. The Morgan fingerprint density at radius 2 is 1.95 bits per heavy atom. The van der Waals surface area contributed by atoms with Crippen LogP contribution in [0.1, 0.15) is 33.6 Å². The summed E-state index contributed by atoms with van der Waals surface area (Å²) in [4.78, 5) is 0. The van der Waals surface area contributed by atoms with Gasteiger partial charge in [-0.15, -0.1) is 0 Å². The highest BCUT2D eigenvalue weighted by Crippen LogP contribution is 2.41. The standard InChI is InChI=1S/C17H24O3/c1-10-8-13(9-11(2)17(10)20)14-4-5-16(19)15(6-7-18)12(14)3/h4-5,8,12-14,18-20H,6-7,9H2,1-3H3. The van der Waals surface area contributed by atoms with Crippen molar-refractivity contribution in [2.24, 2.45) is 17.8 Å². The van der Waals surface area contributed by atoms with Crippen LogP contribution in [0.25, 0.3) is 0 Å². The van der Waals surface area contributed by atoms with E-state index in [4.69, 9.17) is 5.11 Å². The molecule has 3 atom stereocenters. The predicted octanol–water partition coefficient (Wildman–Crippen LogP) is 3.80. The fourth-order valence-electron chi connectivity index (χ4n) is 3.42. The lowest BCUT2D eigenvalue weighted by atomic mass is 9.71. The summed E-state index contributed by atoms with van der Waals surface area (Å²) in [6, 6.07) is 0. The number of hydrogen-bond donors (Lipinski definition) is 3. The maximum Gasteiger partial charge on any atom is 0.117 e. The van der Waals surface area contributed by atoms with Gasteiger partial charge in [0.25, 0.3) is 0 Å². The van der Waals surface area contributed by atoms with Crippen LogP contribution in [0.2, 0.25) is 0 Å². The van der Waals surface area contributed by atoms with Crippen molar-refractivity contribution in [2.45, 2.75) is 33.6 Å². The van der Waals surface area contributed by atoms with Crippen LogP contribution in [0.4, 0.5) is 0 Å². The summed E-state index contributed by atoms with van der Waals surface area (Å²) >= 11 is 0. The van der Waals surface area contributed by atoms with E-state index >= 15 is 0 Å². The highest BCUT2D eigenvalue weighted by molar-refractivity contribution is 5.35. The van der Waals surface area contributed by atoms with Crippen LogP contribution in [-0.2, 0) is 0 Å². The average Bonchev–Trinajstić information content (AvgIpc) is 2.40. The first-order valence-electron chi connectivity index (χ1n) is 7.24. The van der Waals surface area contributed by atoms with Gasteiger partial charge in [-0.05, 0) is 67.2 Å². The summed E-state index contributed by atoms with van der Waals surface area (Å²) < 4.78 is 0. The average molecular weight is 276 g/mol. The third kappa shape index (κ3) is 2.68. The molecule has 3 unspecified atom stereocenters. The molecule has 0 aromatic carbocycles. The van der Waals surface area contributed by atoms with E-state index in [0.717, 1.165) is 23.1 Å². The lowest BCUT2D eigenvalue weighted by Gasteiger charge is -2.34. The molecule has 2 aliphatic carbocycles. The molecule has 0 aromatic rings. The molecule has 0 spiro atoms. The van der Waals surface area contributed by atoms with Crippen molar-refractivity contribution in [2.75, 3.05) is 6.61 Å². The maximum atomic E-state index is 9.95. The Hall–Kier alpha value is -1.48. The SMILES string of the molecule is CC1=CC(C2C=CC(O)=C(CCO)C2C)CC(C)=C1O. The molecular formula is C17H24O3. The Labute approximate surface area is 120 Å². The minimum absolute atomic E-state index is 0.0591. The Bertz CT molecular complexity index is 508. The van der Waals surface area contributed by atoms with Gasteiger partial charge in [0.2, 0.25) is 0 Å². The molecule has 0 amide bonds. The monoisotopic (exact) mass is 276 g/mol. The van der Waals surface area contributed by atoms with E-state index in [1.165, 1.54) is 0 Å². The molecule has 3 N–H and O–H groups in total. The summed E-state index contributed by atoms with van der Waals surface area (Å²) in [6.45, 7) is 6.07. The number of hydrogen-bond acceptors (Lipinski definition) is 3. The summed E-state index contributed by atoms with van der Waals surface area (Å²) in [5.74, 6) is 1.55. The molecule has 0 saturated carbocycles. The van der Waals surface area contributed by atoms with Crippen molar-refractivity contribution in [1.82, 2.24) is 0 Å². The molecular weight excluding hydrogens is 252 g/mol. The molecule has 0 aromatic heterocycles. The van der Waals surface area contributed by atoms with Gasteiger partial charge >= 0.3 is 0 Å². The van der Waals surface area contributed by atoms with E-state index in [1.807, 2.05) is 13.8 Å². The van der Waals surface area contributed by atoms with Crippen LogP contribution in [0.15, 0.2) is 46.5 Å². The van der Waals surface area contributed by atoms with Crippen LogP contribution in [0, 0.1) is 17.8 Å². The molecule has 0 saturated heterocycles. The molecule has 2 aliphatic rings. The molecule has 0 bridgehead atoms. The minimum atomic E-state index is 0.0591. The molecule has 3 heteroatoms. The zero-order valence-electron chi connectivity index (χ0n) is 12.4. The largest absolute Gasteiger partial charge is 0.508 e. The van der Waals surface area contributed by atoms with Crippen molar-refractivity contribution in [3.8, 4) is 0 Å². The van der Waals surface area contributed by atoms with Crippen molar-refractivity contribution in [3.05, 3.63) is 46.5 Å². The molecule has 110 valence electrons. The van der Waals surface area contributed by atoms with Gasteiger partial charge in [-0.3, -0.25) is 0 Å². The highest BCUT2D eigenvalue weighted by Gasteiger charge is 2.31. The highest BCUT2D eigenvalue weighted by atomic mass is 16.3. The van der Waals surface area contributed by atoms with E-state index in [9.17, 15) is 10.2 Å². The molecule has 0 fully saturated rings. The van der Waals surface area contributed by atoms with E-state index in [-0.39, 0.29) is 12.5 Å². The Morgan fingerprint density at radius 3 is 2.55 bits per heavy atom. The number of rotatable bonds is 3. The van der Waals surface area contributed by atoms with Crippen molar-refractivity contribution < 1.29 is 15.3 Å². The van der Waals surface area contributed by atoms with Gasteiger partial charge in [-0.2, -0.15) is 0 Å². The number of aliphatic hydroxyl groups is 3. The summed E-state index contributed by atoms with van der Waals surface area (Å²) in [7, 11) is 0. The Kier molecular flexibility index (Phi) is 4.39. The second kappa shape index (κ2) is 5.88. The molecule has 0 aliphatic heterocycles. The van der Waals surface area contributed by atoms with Gasteiger partial charge in [-0.25, -0.2) is 0 Å². The van der Waals surface area contributed by atoms with Crippen molar-refractivity contribution >= 4 is 0 Å². The summed E-state index contributed by atoms with van der Waals surface area (Å²) in [5, 5.41) is 29.0. The van der Waals surface area contributed by atoms with Crippen molar-refractivity contribution in [3.63, 3.8) is 0 Å². The van der Waals surface area contributed by atoms with E-state index in [0.29, 0.717) is 29.8 Å². The van der Waals surface area contributed by atoms with E-state index in [2.05, 4.69) is 19.1 Å². The Morgan fingerprint density at radius 1 is 1.25 bits per heavy atom. The zero-order chi connectivity index (χ0) is 14.9. The van der Waals surface area contributed by atoms with Gasteiger partial charge in [0.05, 0.1) is 0 Å². The van der Waals surface area contributed by atoms with Gasteiger partial charge in [0.1, 0.15) is 11.5 Å². The first-order valence-corrected chi connectivity index (χ1v) is 7.24. The van der Waals surface area contributed by atoms with Crippen LogP contribution in [0.5, 0.6) is 0 Å². The zero-order valence-corrected chi connectivity index (χ0v) is 12.4. The first-order chi connectivity index (χ1) is 9.45. The van der Waals surface area contributed by atoms with Crippen molar-refractivity contribution in [1.29, 1.82) is 0 Å². The number of aliphatic hydroxyl groups excluding tert-OH is 3. The molecule has 20 heavy (non-hydrogen) atoms. The smallest absolute Gasteiger partial charge is 0.117 e. The quantitative estimate of drug-likeness (QED) is 0.734. The Balaban J connectivity index is 2.23. The van der Waals surface area contributed by atoms with E-state index < -0.39 is 0 Å². The third-order valence-electron chi connectivity index (χ3n) is 4.59. The lowest BCUT2D eigenvalue weighted by Crippen LogP contribution is -2.26. The normalized spacial score (nSPS) is 30.8. The summed E-state index contributed by atoms with van der Waals surface area (Å²) in [6.07, 6.45) is 7.31. The van der Waals surface area contributed by atoms with Crippen LogP contribution < -0.4 is 0 Å². The minimum Gasteiger partial charge on any atom is -0.508 e. The lowest BCUT2D eigenvalue weighted by molar-refractivity contribution is 0.271. The van der Waals surface area contributed by atoms with E-state index in [1.54, 1.807) is 6.08 Å². The fraction of sp³-hybridized carbons (Fsp3) is 0.529. The van der Waals surface area contributed by atoms with Gasteiger partial charge in [-0.1, -0.05) is 19.1 Å². The first kappa shape index (κ1) is 14.9. The van der Waals surface area contributed by atoms with Gasteiger partial charge in [0, 0.05) is 6.61 Å². The molecule has 3 nitrogen and oxygen atoms in total. The second-order valence-corrected chi connectivity index (χ2v) is 5.96.